The van der Waals surface area contributed by atoms with E-state index in [2.05, 4.69) is 4.98 Å². The highest BCUT2D eigenvalue weighted by molar-refractivity contribution is 5.75. The highest BCUT2D eigenvalue weighted by Crippen LogP contribution is 2.20. The van der Waals surface area contributed by atoms with Gasteiger partial charge in [-0.3, -0.25) is 4.79 Å². The van der Waals surface area contributed by atoms with E-state index in [9.17, 15) is 4.79 Å². The average Bonchev–Trinajstić information content (AvgIpc) is 2.16. The fraction of sp³-hybridized carbons (Fsp3) is 0.250. The monoisotopic (exact) mass is 182 g/mol. The largest absolute Gasteiger partial charge is 0.481 e. The average molecular weight is 182 g/mol. The smallest absolute Gasteiger partial charge is 0.325 e. The Morgan fingerprint density at radius 1 is 1.77 bits per heavy atom. The van der Waals surface area contributed by atoms with Crippen LogP contribution in [-0.2, 0) is 4.79 Å². The van der Waals surface area contributed by atoms with Gasteiger partial charge in [-0.15, -0.1) is 0 Å². The SMILES string of the molecule is COc1ncccc1C(N)C(=O)O. The molecule has 0 spiro atoms. The quantitative estimate of drug-likeness (QED) is 0.696. The second-order valence-electron chi connectivity index (χ2n) is 2.42. The molecule has 0 aliphatic heterocycles. The Morgan fingerprint density at radius 3 is 3.00 bits per heavy atom. The third-order valence-electron chi connectivity index (χ3n) is 1.60. The summed E-state index contributed by atoms with van der Waals surface area (Å²) in [7, 11) is 1.42. The summed E-state index contributed by atoms with van der Waals surface area (Å²) in [6.45, 7) is 0. The second-order valence-corrected chi connectivity index (χ2v) is 2.42. The molecule has 0 radical (unpaired) electrons. The van der Waals surface area contributed by atoms with Crippen LogP contribution in [0.5, 0.6) is 5.88 Å². The lowest BCUT2D eigenvalue weighted by Gasteiger charge is -2.09. The fourth-order valence-electron chi connectivity index (χ4n) is 0.944. The van der Waals surface area contributed by atoms with Crippen LogP contribution in [0, 0.1) is 0 Å². The molecule has 1 rings (SSSR count). The van der Waals surface area contributed by atoms with Gasteiger partial charge >= 0.3 is 5.97 Å². The second kappa shape index (κ2) is 3.86. The molecule has 1 aromatic heterocycles. The Bertz CT molecular complexity index is 314. The number of pyridine rings is 1. The number of hydrogen-bond donors (Lipinski definition) is 2. The third-order valence-corrected chi connectivity index (χ3v) is 1.60. The molecule has 0 bridgehead atoms. The van der Waals surface area contributed by atoms with E-state index in [4.69, 9.17) is 15.6 Å². The van der Waals surface area contributed by atoms with E-state index in [0.29, 0.717) is 5.56 Å². The Kier molecular flexibility index (Phi) is 2.81. The van der Waals surface area contributed by atoms with Crippen LogP contribution >= 0.6 is 0 Å². The first kappa shape index (κ1) is 9.47. The van der Waals surface area contributed by atoms with Crippen molar-refractivity contribution in [2.45, 2.75) is 6.04 Å². The maximum atomic E-state index is 10.6. The lowest BCUT2D eigenvalue weighted by molar-refractivity contribution is -0.138. The van der Waals surface area contributed by atoms with Gasteiger partial charge < -0.3 is 15.6 Å². The van der Waals surface area contributed by atoms with Gasteiger partial charge in [0, 0.05) is 11.8 Å². The lowest BCUT2D eigenvalue weighted by Crippen LogP contribution is -2.21. The number of carboxylic acid groups (broad SMARTS) is 1. The van der Waals surface area contributed by atoms with Crippen molar-refractivity contribution in [1.82, 2.24) is 4.98 Å². The molecule has 5 nitrogen and oxygen atoms in total. The van der Waals surface area contributed by atoms with E-state index in [1.807, 2.05) is 0 Å². The molecule has 5 heteroatoms. The van der Waals surface area contributed by atoms with Crippen LogP contribution in [-0.4, -0.2) is 23.2 Å². The van der Waals surface area contributed by atoms with Crippen LogP contribution in [0.15, 0.2) is 18.3 Å². The number of nitrogens with two attached hydrogens (primary N) is 1. The molecule has 1 heterocycles. The van der Waals surface area contributed by atoms with Crippen LogP contribution in [0.2, 0.25) is 0 Å². The predicted octanol–water partition coefficient (Wildman–Crippen LogP) is 0.175. The van der Waals surface area contributed by atoms with Gasteiger partial charge in [0.25, 0.3) is 0 Å². The van der Waals surface area contributed by atoms with Gasteiger partial charge in [0.2, 0.25) is 5.88 Å². The molecule has 13 heavy (non-hydrogen) atoms. The van der Waals surface area contributed by atoms with Crippen LogP contribution in [0.4, 0.5) is 0 Å². The molecule has 0 amide bonds. The number of methoxy groups -OCH3 is 1. The summed E-state index contributed by atoms with van der Waals surface area (Å²) in [5.74, 6) is -0.858. The first-order valence-electron chi connectivity index (χ1n) is 3.64. The van der Waals surface area contributed by atoms with Gasteiger partial charge in [-0.25, -0.2) is 4.98 Å². The summed E-state index contributed by atoms with van der Waals surface area (Å²) < 4.78 is 4.86. The molecule has 70 valence electrons. The van der Waals surface area contributed by atoms with Gasteiger partial charge in [0.1, 0.15) is 6.04 Å². The zero-order chi connectivity index (χ0) is 9.84. The van der Waals surface area contributed by atoms with Crippen LogP contribution in [0.3, 0.4) is 0 Å². The Morgan fingerprint density at radius 2 is 2.46 bits per heavy atom. The Balaban J connectivity index is 3.05. The van der Waals surface area contributed by atoms with E-state index in [1.165, 1.54) is 13.3 Å². The molecule has 1 atom stereocenters. The van der Waals surface area contributed by atoms with Crippen molar-refractivity contribution in [1.29, 1.82) is 0 Å². The number of carboxylic acids is 1. The zero-order valence-electron chi connectivity index (χ0n) is 7.10. The molecule has 0 fully saturated rings. The predicted molar refractivity (Wildman–Crippen MR) is 45.4 cm³/mol. The maximum Gasteiger partial charge on any atom is 0.325 e. The number of nitrogens with zero attached hydrogens (tertiary/aromatic N) is 1. The van der Waals surface area contributed by atoms with E-state index in [-0.39, 0.29) is 5.88 Å². The van der Waals surface area contributed by atoms with Gasteiger partial charge in [0.15, 0.2) is 0 Å². The Hall–Kier alpha value is -1.62. The van der Waals surface area contributed by atoms with Gasteiger partial charge in [0.05, 0.1) is 7.11 Å². The molecular formula is C8H10N2O3. The molecule has 3 N–H and O–H groups in total. The summed E-state index contributed by atoms with van der Waals surface area (Å²) >= 11 is 0. The lowest BCUT2D eigenvalue weighted by atomic mass is 10.1. The first-order chi connectivity index (χ1) is 6.16. The summed E-state index contributed by atoms with van der Waals surface area (Å²) in [6.07, 6.45) is 1.51. The van der Waals surface area contributed by atoms with Crippen molar-refractivity contribution in [2.75, 3.05) is 7.11 Å². The minimum Gasteiger partial charge on any atom is -0.481 e. The van der Waals surface area contributed by atoms with Gasteiger partial charge in [-0.05, 0) is 12.1 Å². The third kappa shape index (κ3) is 1.94. The molecule has 1 unspecified atom stereocenters. The molecule has 0 saturated heterocycles. The summed E-state index contributed by atoms with van der Waals surface area (Å²) in [4.78, 5) is 14.4. The van der Waals surface area contributed by atoms with Crippen molar-refractivity contribution in [3.05, 3.63) is 23.9 Å². The number of ether oxygens (including phenoxy) is 1. The van der Waals surface area contributed by atoms with Crippen molar-refractivity contribution < 1.29 is 14.6 Å². The van der Waals surface area contributed by atoms with Crippen molar-refractivity contribution in [2.24, 2.45) is 5.73 Å². The van der Waals surface area contributed by atoms with Crippen molar-refractivity contribution in [3.8, 4) is 5.88 Å². The summed E-state index contributed by atoms with van der Waals surface area (Å²) in [5.41, 5.74) is 5.77. The molecular weight excluding hydrogens is 172 g/mol. The van der Waals surface area contributed by atoms with E-state index in [0.717, 1.165) is 0 Å². The molecule has 1 aromatic rings. The fourth-order valence-corrected chi connectivity index (χ4v) is 0.944. The van der Waals surface area contributed by atoms with Crippen LogP contribution in [0.1, 0.15) is 11.6 Å². The summed E-state index contributed by atoms with van der Waals surface area (Å²) in [6, 6.07) is 2.09. The molecule has 0 saturated carbocycles. The highest BCUT2D eigenvalue weighted by Gasteiger charge is 2.18. The van der Waals surface area contributed by atoms with Gasteiger partial charge in [-0.2, -0.15) is 0 Å². The molecule has 0 aromatic carbocycles. The van der Waals surface area contributed by atoms with Crippen molar-refractivity contribution >= 4 is 5.97 Å². The Labute approximate surface area is 75.2 Å². The highest BCUT2D eigenvalue weighted by atomic mass is 16.5. The standard InChI is InChI=1S/C8H10N2O3/c1-13-7-5(3-2-4-10-7)6(9)8(11)12/h2-4,6H,9H2,1H3,(H,11,12). The number of aromatic nitrogens is 1. The number of rotatable bonds is 3. The van der Waals surface area contributed by atoms with E-state index >= 15 is 0 Å². The molecule has 0 aliphatic carbocycles. The topological polar surface area (TPSA) is 85.4 Å². The maximum absolute atomic E-state index is 10.6. The zero-order valence-corrected chi connectivity index (χ0v) is 7.10. The van der Waals surface area contributed by atoms with E-state index < -0.39 is 12.0 Å². The van der Waals surface area contributed by atoms with Crippen LogP contribution in [0.25, 0.3) is 0 Å². The number of hydrogen-bond acceptors (Lipinski definition) is 4. The van der Waals surface area contributed by atoms with Crippen LogP contribution < -0.4 is 10.5 Å². The number of carbonyl (C=O) groups is 1. The van der Waals surface area contributed by atoms with Gasteiger partial charge in [-0.1, -0.05) is 0 Å². The van der Waals surface area contributed by atoms with Crippen molar-refractivity contribution in [3.63, 3.8) is 0 Å². The normalized spacial score (nSPS) is 12.2. The summed E-state index contributed by atoms with van der Waals surface area (Å²) in [5, 5.41) is 8.65. The molecule has 0 aliphatic rings. The minimum absolute atomic E-state index is 0.248. The van der Waals surface area contributed by atoms with E-state index in [1.54, 1.807) is 12.1 Å². The number of aliphatic carboxylic acids is 1. The first-order valence-corrected chi connectivity index (χ1v) is 3.64. The minimum atomic E-state index is -1.11.